The van der Waals surface area contributed by atoms with Gasteiger partial charge in [0.2, 0.25) is 0 Å². The van der Waals surface area contributed by atoms with E-state index in [1.165, 1.54) is 10.6 Å². The molecule has 0 N–H and O–H groups in total. The lowest BCUT2D eigenvalue weighted by atomic mass is 10.2. The van der Waals surface area contributed by atoms with Gasteiger partial charge in [0.1, 0.15) is 0 Å². The maximum Gasteiger partial charge on any atom is 0.263 e. The van der Waals surface area contributed by atoms with Crippen LogP contribution in [0.4, 0.5) is 0 Å². The third-order valence-corrected chi connectivity index (χ3v) is 5.18. The van der Waals surface area contributed by atoms with Gasteiger partial charge in [0, 0.05) is 5.69 Å². The Morgan fingerprint density at radius 3 is 2.67 bits per heavy atom. The summed E-state index contributed by atoms with van der Waals surface area (Å²) in [7, 11) is -3.09. The van der Waals surface area contributed by atoms with Gasteiger partial charge in [0.05, 0.1) is 28.1 Å². The quantitative estimate of drug-likeness (QED) is 0.761. The van der Waals surface area contributed by atoms with Crippen molar-refractivity contribution in [1.82, 2.24) is 4.57 Å². The highest BCUT2D eigenvalue weighted by atomic mass is 35.5. The molecule has 1 fully saturated rings. The lowest BCUT2D eigenvalue weighted by Gasteiger charge is -2.16. The molecule has 5 nitrogen and oxygen atoms in total. The van der Waals surface area contributed by atoms with Crippen LogP contribution in [0.1, 0.15) is 28.5 Å². The Bertz CT molecular complexity index is 662. The zero-order chi connectivity index (χ0) is 13.5. The number of hydrogen-bond donors (Lipinski definition) is 0. The summed E-state index contributed by atoms with van der Waals surface area (Å²) in [5.41, 5.74) is -0.0682. The Kier molecular flexibility index (Phi) is 3.33. The van der Waals surface area contributed by atoms with Crippen molar-refractivity contribution in [3.8, 4) is 0 Å². The van der Waals surface area contributed by atoms with Crippen LogP contribution in [0.25, 0.3) is 0 Å². The largest absolute Gasteiger partial charge is 0.308 e. The van der Waals surface area contributed by atoms with Crippen LogP contribution in [0.15, 0.2) is 10.9 Å². The third-order valence-electron chi connectivity index (χ3n) is 3.11. The second kappa shape index (κ2) is 4.51. The van der Waals surface area contributed by atoms with E-state index < -0.39 is 21.4 Å². The molecule has 0 saturated carbocycles. The summed E-state index contributed by atoms with van der Waals surface area (Å²) in [5, 5.41) is 0.101. The number of aryl methyl sites for hydroxylation is 1. The molecule has 0 aromatic carbocycles. The second-order valence-electron chi connectivity index (χ2n) is 4.40. The third kappa shape index (κ3) is 2.22. The van der Waals surface area contributed by atoms with Crippen LogP contribution in [0.3, 0.4) is 0 Å². The van der Waals surface area contributed by atoms with E-state index in [1.807, 2.05) is 0 Å². The van der Waals surface area contributed by atoms with Crippen molar-refractivity contribution in [2.45, 2.75) is 19.4 Å². The molecule has 7 heteroatoms. The summed E-state index contributed by atoms with van der Waals surface area (Å²) < 4.78 is 24.3. The monoisotopic (exact) mass is 289 g/mol. The molecule has 2 heterocycles. The Labute approximate surface area is 109 Å². The lowest BCUT2D eigenvalue weighted by Crippen LogP contribution is -2.30. The lowest BCUT2D eigenvalue weighted by molar-refractivity contribution is 0.112. The molecule has 98 valence electrons. The van der Waals surface area contributed by atoms with Crippen LogP contribution in [0.2, 0.25) is 5.02 Å². The first kappa shape index (κ1) is 13.3. The van der Waals surface area contributed by atoms with Crippen LogP contribution < -0.4 is 5.56 Å². The molecule has 1 unspecified atom stereocenters. The van der Waals surface area contributed by atoms with E-state index in [-0.39, 0.29) is 22.1 Å². The van der Waals surface area contributed by atoms with Crippen molar-refractivity contribution in [3.05, 3.63) is 32.7 Å². The minimum atomic E-state index is -3.09. The molecule has 1 aliphatic heterocycles. The fraction of sp³-hybridized carbons (Fsp3) is 0.455. The second-order valence-corrected chi connectivity index (χ2v) is 7.03. The zero-order valence-corrected chi connectivity index (χ0v) is 11.3. The van der Waals surface area contributed by atoms with Crippen molar-refractivity contribution in [2.75, 3.05) is 11.5 Å². The van der Waals surface area contributed by atoms with Gasteiger partial charge >= 0.3 is 0 Å². The molecular formula is C11H12ClNO4S. The maximum atomic E-state index is 12.1. The van der Waals surface area contributed by atoms with Crippen molar-refractivity contribution in [2.24, 2.45) is 0 Å². The molecule has 0 amide bonds. The van der Waals surface area contributed by atoms with Crippen molar-refractivity contribution in [1.29, 1.82) is 0 Å². The van der Waals surface area contributed by atoms with Crippen LogP contribution >= 0.6 is 11.6 Å². The van der Waals surface area contributed by atoms with Crippen molar-refractivity contribution in [3.63, 3.8) is 0 Å². The molecule has 0 radical (unpaired) electrons. The van der Waals surface area contributed by atoms with Gasteiger partial charge in [-0.25, -0.2) is 8.42 Å². The van der Waals surface area contributed by atoms with E-state index in [0.717, 1.165) is 0 Å². The average Bonchev–Trinajstić information content (AvgIpc) is 2.58. The molecule has 1 atom stereocenters. The fourth-order valence-corrected chi connectivity index (χ4v) is 4.25. The average molecular weight is 290 g/mol. The predicted molar refractivity (Wildman–Crippen MR) is 68.1 cm³/mol. The van der Waals surface area contributed by atoms with E-state index in [1.54, 1.807) is 6.92 Å². The summed E-state index contributed by atoms with van der Waals surface area (Å²) in [6.07, 6.45) is 0.799. The minimum absolute atomic E-state index is 0.0618. The molecule has 1 aromatic heterocycles. The Morgan fingerprint density at radius 2 is 2.17 bits per heavy atom. The Balaban J connectivity index is 2.59. The van der Waals surface area contributed by atoms with Crippen LogP contribution in [0, 0.1) is 6.92 Å². The van der Waals surface area contributed by atoms with Gasteiger partial charge in [-0.15, -0.1) is 0 Å². The Hall–Kier alpha value is -1.14. The molecule has 1 saturated heterocycles. The highest BCUT2D eigenvalue weighted by Gasteiger charge is 2.31. The van der Waals surface area contributed by atoms with Gasteiger partial charge in [-0.3, -0.25) is 9.59 Å². The van der Waals surface area contributed by atoms with E-state index in [9.17, 15) is 18.0 Å². The summed E-state index contributed by atoms with van der Waals surface area (Å²) >= 11 is 5.81. The normalized spacial score (nSPS) is 22.0. The minimum Gasteiger partial charge on any atom is -0.308 e. The van der Waals surface area contributed by atoms with Crippen molar-refractivity contribution >= 4 is 27.7 Å². The van der Waals surface area contributed by atoms with Crippen LogP contribution in [-0.4, -0.2) is 30.8 Å². The predicted octanol–water partition coefficient (Wildman–Crippen LogP) is 0.982. The van der Waals surface area contributed by atoms with Gasteiger partial charge < -0.3 is 4.57 Å². The van der Waals surface area contributed by atoms with Gasteiger partial charge in [0.25, 0.3) is 5.56 Å². The number of carbonyl (C=O) groups is 1. The Morgan fingerprint density at radius 1 is 1.50 bits per heavy atom. The number of pyridine rings is 1. The summed E-state index contributed by atoms with van der Waals surface area (Å²) in [4.78, 5) is 22.9. The maximum absolute atomic E-state index is 12.1. The smallest absolute Gasteiger partial charge is 0.263 e. The molecule has 1 aliphatic rings. The first-order valence-electron chi connectivity index (χ1n) is 5.43. The molecule has 18 heavy (non-hydrogen) atoms. The van der Waals surface area contributed by atoms with Gasteiger partial charge in [-0.1, -0.05) is 11.6 Å². The SMILES string of the molecule is Cc1cc(Cl)c(C=O)c(=O)n1C1CCS(=O)(=O)C1. The molecular weight excluding hydrogens is 278 g/mol. The molecule has 0 spiro atoms. The number of aldehydes is 1. The standard InChI is InChI=1S/C11H12ClNO4S/c1-7-4-10(12)9(5-14)11(15)13(7)8-2-3-18(16,17)6-8/h4-5,8H,2-3,6H2,1H3. The van der Waals surface area contributed by atoms with Gasteiger partial charge in [-0.05, 0) is 19.4 Å². The topological polar surface area (TPSA) is 73.2 Å². The van der Waals surface area contributed by atoms with E-state index >= 15 is 0 Å². The number of nitrogens with zero attached hydrogens (tertiary/aromatic N) is 1. The van der Waals surface area contributed by atoms with Crippen molar-refractivity contribution < 1.29 is 13.2 Å². The van der Waals surface area contributed by atoms with Gasteiger partial charge in [-0.2, -0.15) is 0 Å². The van der Waals surface area contributed by atoms with Gasteiger partial charge in [0.15, 0.2) is 16.1 Å². The number of carbonyl (C=O) groups excluding carboxylic acids is 1. The van der Waals surface area contributed by atoms with Crippen LogP contribution in [0.5, 0.6) is 0 Å². The highest BCUT2D eigenvalue weighted by Crippen LogP contribution is 2.25. The fourth-order valence-electron chi connectivity index (χ4n) is 2.26. The number of sulfone groups is 1. The first-order valence-corrected chi connectivity index (χ1v) is 7.63. The number of halogens is 1. The van der Waals surface area contributed by atoms with Crippen LogP contribution in [-0.2, 0) is 9.84 Å². The van der Waals surface area contributed by atoms with E-state index in [4.69, 9.17) is 11.6 Å². The number of aromatic nitrogens is 1. The molecule has 1 aromatic rings. The van der Waals surface area contributed by atoms with E-state index in [2.05, 4.69) is 0 Å². The molecule has 0 aliphatic carbocycles. The number of hydrogen-bond acceptors (Lipinski definition) is 4. The summed E-state index contributed by atoms with van der Waals surface area (Å²) in [6.45, 7) is 1.67. The summed E-state index contributed by atoms with van der Waals surface area (Å²) in [6, 6.07) is 1.11. The molecule has 0 bridgehead atoms. The zero-order valence-electron chi connectivity index (χ0n) is 9.72. The first-order chi connectivity index (χ1) is 8.35. The van der Waals surface area contributed by atoms with E-state index in [0.29, 0.717) is 18.4 Å². The number of rotatable bonds is 2. The summed E-state index contributed by atoms with van der Waals surface area (Å²) in [5.74, 6) is 0.0102. The highest BCUT2D eigenvalue weighted by molar-refractivity contribution is 7.91. The molecule has 2 rings (SSSR count).